The number of ketones is 2. The van der Waals surface area contributed by atoms with E-state index in [2.05, 4.69) is 4.99 Å². The number of aliphatic hydroxyl groups is 1. The van der Waals surface area contributed by atoms with Crippen molar-refractivity contribution in [2.75, 3.05) is 20.3 Å². The maximum absolute atomic E-state index is 12.9. The van der Waals surface area contributed by atoms with E-state index in [4.69, 9.17) is 9.84 Å². The van der Waals surface area contributed by atoms with Crippen molar-refractivity contribution in [1.82, 2.24) is 0 Å². The van der Waals surface area contributed by atoms with Crippen LogP contribution in [0.2, 0.25) is 0 Å². The molecule has 0 saturated heterocycles. The third-order valence-corrected chi connectivity index (χ3v) is 4.27. The Balaban J connectivity index is 3.19. The molecule has 0 aromatic rings. The van der Waals surface area contributed by atoms with Gasteiger partial charge < -0.3 is 9.84 Å². The summed E-state index contributed by atoms with van der Waals surface area (Å²) in [7, 11) is 1.25. The zero-order valence-corrected chi connectivity index (χ0v) is 14.4. The number of ether oxygens (including phenoxy) is 1. The molecule has 0 aliphatic heterocycles. The summed E-state index contributed by atoms with van der Waals surface area (Å²) >= 11 is 0. The molecule has 1 aliphatic carbocycles. The van der Waals surface area contributed by atoms with E-state index in [1.807, 2.05) is 6.92 Å². The Kier molecular flexibility index (Phi) is 7.06. The number of hydrogen-bond donors (Lipinski definition) is 1. The summed E-state index contributed by atoms with van der Waals surface area (Å²) in [5.74, 6) is -3.17. The predicted molar refractivity (Wildman–Crippen MR) is 86.3 cm³/mol. The number of carbonyl (C=O) groups excluding carboxylic acids is 3. The van der Waals surface area contributed by atoms with Crippen molar-refractivity contribution < 1.29 is 24.2 Å². The van der Waals surface area contributed by atoms with Crippen LogP contribution in [0.3, 0.4) is 0 Å². The second-order valence-corrected chi connectivity index (χ2v) is 6.62. The van der Waals surface area contributed by atoms with Gasteiger partial charge in [0.25, 0.3) is 0 Å². The highest BCUT2D eigenvalue weighted by Crippen LogP contribution is 2.40. The largest absolute Gasteiger partial charge is 0.468 e. The zero-order chi connectivity index (χ0) is 17.6. The third-order valence-electron chi connectivity index (χ3n) is 4.27. The summed E-state index contributed by atoms with van der Waals surface area (Å²) in [6.45, 7) is 5.49. The minimum absolute atomic E-state index is 0.132. The standard InChI is InChI=1S/C17H27NO5/c1-5-6-7-11(18-8-9-19)13-12(20)10-17(2,3)14(15(13)21)16(22)23-4/h13-14,19H,5-10H2,1-4H3/t13?,14-/m0/s1. The summed E-state index contributed by atoms with van der Waals surface area (Å²) in [4.78, 5) is 41.7. The molecular formula is C17H27NO5. The van der Waals surface area contributed by atoms with E-state index in [9.17, 15) is 14.4 Å². The molecule has 0 amide bonds. The molecule has 0 radical (unpaired) electrons. The van der Waals surface area contributed by atoms with Gasteiger partial charge in [-0.3, -0.25) is 19.4 Å². The molecule has 1 N–H and O–H groups in total. The minimum Gasteiger partial charge on any atom is -0.468 e. The van der Waals surface area contributed by atoms with Gasteiger partial charge in [-0.05, 0) is 18.3 Å². The van der Waals surface area contributed by atoms with Gasteiger partial charge in [0.2, 0.25) is 0 Å². The summed E-state index contributed by atoms with van der Waals surface area (Å²) in [6.07, 6.45) is 2.35. The number of nitrogens with zero attached hydrogens (tertiary/aromatic N) is 1. The molecular weight excluding hydrogens is 298 g/mol. The molecule has 0 aromatic heterocycles. The number of unbranched alkanes of at least 4 members (excludes halogenated alkanes) is 1. The topological polar surface area (TPSA) is 93.0 Å². The smallest absolute Gasteiger partial charge is 0.316 e. The normalized spacial score (nSPS) is 24.7. The van der Waals surface area contributed by atoms with Crippen LogP contribution >= 0.6 is 0 Å². The predicted octanol–water partition coefficient (Wildman–Crippen LogP) is 1.58. The molecule has 1 rings (SSSR count). The van der Waals surface area contributed by atoms with Gasteiger partial charge in [0.1, 0.15) is 17.6 Å². The highest BCUT2D eigenvalue weighted by atomic mass is 16.5. The lowest BCUT2D eigenvalue weighted by Gasteiger charge is -2.38. The van der Waals surface area contributed by atoms with Crippen LogP contribution in [-0.2, 0) is 19.1 Å². The molecule has 1 unspecified atom stereocenters. The molecule has 1 aliphatic rings. The Morgan fingerprint density at radius 3 is 2.57 bits per heavy atom. The summed E-state index contributed by atoms with van der Waals surface area (Å²) < 4.78 is 4.77. The summed E-state index contributed by atoms with van der Waals surface area (Å²) in [6, 6.07) is 0. The van der Waals surface area contributed by atoms with E-state index in [1.165, 1.54) is 7.11 Å². The molecule has 6 heteroatoms. The van der Waals surface area contributed by atoms with Gasteiger partial charge in [0.15, 0.2) is 5.78 Å². The van der Waals surface area contributed by atoms with Gasteiger partial charge in [-0.1, -0.05) is 27.2 Å². The fourth-order valence-electron chi connectivity index (χ4n) is 3.13. The molecule has 0 aromatic carbocycles. The van der Waals surface area contributed by atoms with E-state index in [-0.39, 0.29) is 25.4 Å². The van der Waals surface area contributed by atoms with Crippen molar-refractivity contribution in [1.29, 1.82) is 0 Å². The molecule has 130 valence electrons. The highest BCUT2D eigenvalue weighted by Gasteiger charge is 2.52. The number of Topliss-reactive ketones (excluding diaryl/α,β-unsaturated/α-hetero) is 2. The van der Waals surface area contributed by atoms with Crippen LogP contribution in [0.25, 0.3) is 0 Å². The van der Waals surface area contributed by atoms with Gasteiger partial charge >= 0.3 is 5.97 Å². The van der Waals surface area contributed by atoms with E-state index in [0.717, 1.165) is 12.8 Å². The van der Waals surface area contributed by atoms with Gasteiger partial charge in [0.05, 0.1) is 20.3 Å². The first-order valence-electron chi connectivity index (χ1n) is 8.08. The van der Waals surface area contributed by atoms with Crippen LogP contribution in [0.15, 0.2) is 4.99 Å². The lowest BCUT2D eigenvalue weighted by atomic mass is 9.62. The van der Waals surface area contributed by atoms with E-state index in [0.29, 0.717) is 12.1 Å². The van der Waals surface area contributed by atoms with Gasteiger partial charge in [-0.15, -0.1) is 0 Å². The number of rotatable bonds is 7. The maximum atomic E-state index is 12.9. The summed E-state index contributed by atoms with van der Waals surface area (Å²) in [5, 5.41) is 8.98. The average Bonchev–Trinajstić information content (AvgIpc) is 2.47. The first kappa shape index (κ1) is 19.5. The Morgan fingerprint density at radius 1 is 1.39 bits per heavy atom. The Morgan fingerprint density at radius 2 is 2.04 bits per heavy atom. The maximum Gasteiger partial charge on any atom is 0.316 e. The molecule has 1 saturated carbocycles. The van der Waals surface area contributed by atoms with Crippen molar-refractivity contribution in [3.8, 4) is 0 Å². The van der Waals surface area contributed by atoms with Crippen LogP contribution in [0.5, 0.6) is 0 Å². The Hall–Kier alpha value is -1.56. The number of esters is 1. The van der Waals surface area contributed by atoms with Gasteiger partial charge in [-0.25, -0.2) is 0 Å². The monoisotopic (exact) mass is 325 g/mol. The zero-order valence-electron chi connectivity index (χ0n) is 14.4. The van der Waals surface area contributed by atoms with Crippen molar-refractivity contribution in [3.05, 3.63) is 0 Å². The Labute approximate surface area is 137 Å². The molecule has 23 heavy (non-hydrogen) atoms. The quantitative estimate of drug-likeness (QED) is 0.436. The number of aliphatic imine (C=N–C) groups is 1. The number of hydrogen-bond acceptors (Lipinski definition) is 6. The molecule has 0 spiro atoms. The van der Waals surface area contributed by atoms with Crippen molar-refractivity contribution in [2.24, 2.45) is 22.2 Å². The fraction of sp³-hybridized carbons (Fsp3) is 0.765. The molecule has 1 fully saturated rings. The van der Waals surface area contributed by atoms with Gasteiger partial charge in [-0.2, -0.15) is 0 Å². The second kappa shape index (κ2) is 8.34. The van der Waals surface area contributed by atoms with Crippen molar-refractivity contribution in [3.63, 3.8) is 0 Å². The first-order valence-corrected chi connectivity index (χ1v) is 8.08. The van der Waals surface area contributed by atoms with Crippen LogP contribution in [0, 0.1) is 17.3 Å². The van der Waals surface area contributed by atoms with E-state index in [1.54, 1.807) is 13.8 Å². The van der Waals surface area contributed by atoms with Gasteiger partial charge in [0, 0.05) is 12.1 Å². The van der Waals surface area contributed by atoms with Crippen LogP contribution in [0.4, 0.5) is 0 Å². The second-order valence-electron chi connectivity index (χ2n) is 6.62. The molecule has 0 bridgehead atoms. The fourth-order valence-corrected chi connectivity index (χ4v) is 3.13. The lowest BCUT2D eigenvalue weighted by Crippen LogP contribution is -2.52. The SMILES string of the molecule is CCCCC(=NCCO)C1C(=O)CC(C)(C)[C@H](C(=O)OC)C1=O. The first-order chi connectivity index (χ1) is 10.8. The van der Waals surface area contributed by atoms with Crippen LogP contribution < -0.4 is 0 Å². The highest BCUT2D eigenvalue weighted by molar-refractivity contribution is 6.26. The van der Waals surface area contributed by atoms with Crippen LogP contribution in [-0.4, -0.2) is 48.6 Å². The number of methoxy groups -OCH3 is 1. The average molecular weight is 325 g/mol. The molecule has 0 heterocycles. The summed E-state index contributed by atoms with van der Waals surface area (Å²) in [5.41, 5.74) is -0.273. The van der Waals surface area contributed by atoms with E-state index >= 15 is 0 Å². The number of carbonyl (C=O) groups is 3. The van der Waals surface area contributed by atoms with E-state index < -0.39 is 29.0 Å². The minimum atomic E-state index is -0.981. The van der Waals surface area contributed by atoms with Crippen LogP contribution in [0.1, 0.15) is 46.5 Å². The lowest BCUT2D eigenvalue weighted by molar-refractivity contribution is -0.159. The molecule has 2 atom stereocenters. The number of aliphatic hydroxyl groups excluding tert-OH is 1. The van der Waals surface area contributed by atoms with Crippen molar-refractivity contribution >= 4 is 23.2 Å². The molecule has 6 nitrogen and oxygen atoms in total. The van der Waals surface area contributed by atoms with Crippen molar-refractivity contribution in [2.45, 2.75) is 46.5 Å². The Bertz CT molecular complexity index is 495. The third kappa shape index (κ3) is 4.47.